The molecule has 2 heterocycles. The third kappa shape index (κ3) is 3.73. The molecule has 1 spiro atoms. The number of rotatable bonds is 5. The van der Waals surface area contributed by atoms with Gasteiger partial charge in [-0.1, -0.05) is 12.1 Å². The van der Waals surface area contributed by atoms with Gasteiger partial charge < -0.3 is 14.4 Å². The summed E-state index contributed by atoms with van der Waals surface area (Å²) in [6.07, 6.45) is 2.22. The SMILES string of the molecule is COc1ccc(CC(=O)N2CC3(CCN(CC#N)CC3)c3cc(OC)ccc32)cc1. The molecule has 1 saturated heterocycles. The van der Waals surface area contributed by atoms with Gasteiger partial charge in [0.2, 0.25) is 5.91 Å². The number of anilines is 1. The minimum absolute atomic E-state index is 0.0780. The van der Waals surface area contributed by atoms with Crippen LogP contribution in [-0.2, 0) is 16.6 Å². The Labute approximate surface area is 177 Å². The number of piperidine rings is 1. The van der Waals surface area contributed by atoms with E-state index < -0.39 is 0 Å². The van der Waals surface area contributed by atoms with Crippen LogP contribution >= 0.6 is 0 Å². The molecule has 0 radical (unpaired) electrons. The minimum atomic E-state index is -0.0780. The average molecular weight is 405 g/mol. The maximum atomic E-state index is 13.3. The van der Waals surface area contributed by atoms with E-state index in [1.165, 1.54) is 5.56 Å². The number of benzene rings is 2. The van der Waals surface area contributed by atoms with Gasteiger partial charge in [0.05, 0.1) is 33.3 Å². The van der Waals surface area contributed by atoms with Crippen molar-refractivity contribution in [2.45, 2.75) is 24.7 Å². The lowest BCUT2D eigenvalue weighted by atomic mass is 9.74. The smallest absolute Gasteiger partial charge is 0.231 e. The van der Waals surface area contributed by atoms with Crippen LogP contribution in [0, 0.1) is 11.3 Å². The number of hydrogen-bond acceptors (Lipinski definition) is 5. The summed E-state index contributed by atoms with van der Waals surface area (Å²) < 4.78 is 10.7. The van der Waals surface area contributed by atoms with Gasteiger partial charge in [0, 0.05) is 30.7 Å². The highest BCUT2D eigenvalue weighted by Crippen LogP contribution is 2.48. The fourth-order valence-corrected chi connectivity index (χ4v) is 4.68. The molecular weight excluding hydrogens is 378 g/mol. The van der Waals surface area contributed by atoms with E-state index in [1.807, 2.05) is 41.3 Å². The number of methoxy groups -OCH3 is 2. The summed E-state index contributed by atoms with van der Waals surface area (Å²) in [5.41, 5.74) is 3.08. The van der Waals surface area contributed by atoms with Crippen LogP contribution in [-0.4, -0.2) is 51.2 Å². The van der Waals surface area contributed by atoms with Crippen molar-refractivity contribution in [2.75, 3.05) is 45.3 Å². The molecule has 0 aromatic heterocycles. The van der Waals surface area contributed by atoms with Gasteiger partial charge in [-0.3, -0.25) is 9.69 Å². The first kappa shape index (κ1) is 20.2. The molecule has 0 unspecified atom stereocenters. The van der Waals surface area contributed by atoms with Crippen LogP contribution in [0.15, 0.2) is 42.5 Å². The van der Waals surface area contributed by atoms with Crippen molar-refractivity contribution in [3.8, 4) is 17.6 Å². The second-order valence-corrected chi connectivity index (χ2v) is 8.10. The maximum absolute atomic E-state index is 13.3. The standard InChI is InChI=1S/C24H27N3O3/c1-29-19-5-3-18(4-6-19)15-23(28)27-17-24(9-12-26(13-10-24)14-11-25)21-16-20(30-2)7-8-22(21)27/h3-8,16H,9-10,12-15,17H2,1-2H3. The fourth-order valence-electron chi connectivity index (χ4n) is 4.68. The third-order valence-corrected chi connectivity index (χ3v) is 6.45. The van der Waals surface area contributed by atoms with Crippen molar-refractivity contribution in [1.82, 2.24) is 4.90 Å². The van der Waals surface area contributed by atoms with Gasteiger partial charge in [0.25, 0.3) is 0 Å². The highest BCUT2D eigenvalue weighted by molar-refractivity contribution is 5.97. The highest BCUT2D eigenvalue weighted by atomic mass is 16.5. The number of ether oxygens (including phenoxy) is 2. The highest BCUT2D eigenvalue weighted by Gasteiger charge is 2.46. The molecule has 6 nitrogen and oxygen atoms in total. The Kier molecular flexibility index (Phi) is 5.65. The molecular formula is C24H27N3O3. The van der Waals surface area contributed by atoms with Crippen molar-refractivity contribution >= 4 is 11.6 Å². The molecule has 2 aliphatic heterocycles. The number of carbonyl (C=O) groups is 1. The lowest BCUT2D eigenvalue weighted by molar-refractivity contribution is -0.118. The second kappa shape index (κ2) is 8.37. The van der Waals surface area contributed by atoms with Gasteiger partial charge in [-0.2, -0.15) is 5.26 Å². The summed E-state index contributed by atoms with van der Waals surface area (Å²) in [6, 6.07) is 15.9. The van der Waals surface area contributed by atoms with Crippen molar-refractivity contribution in [3.63, 3.8) is 0 Å². The molecule has 0 atom stereocenters. The predicted molar refractivity (Wildman–Crippen MR) is 115 cm³/mol. The number of likely N-dealkylation sites (tertiary alicyclic amines) is 1. The largest absolute Gasteiger partial charge is 0.497 e. The lowest BCUT2D eigenvalue weighted by Crippen LogP contribution is -2.46. The summed E-state index contributed by atoms with van der Waals surface area (Å²) in [5, 5.41) is 9.02. The molecule has 0 N–H and O–H groups in total. The van der Waals surface area contributed by atoms with E-state index in [-0.39, 0.29) is 11.3 Å². The molecule has 0 aliphatic carbocycles. The van der Waals surface area contributed by atoms with Crippen molar-refractivity contribution in [1.29, 1.82) is 5.26 Å². The van der Waals surface area contributed by atoms with Gasteiger partial charge in [0.15, 0.2) is 0 Å². The summed E-state index contributed by atoms with van der Waals surface area (Å²) in [5.74, 6) is 1.70. The van der Waals surface area contributed by atoms with Gasteiger partial charge in [-0.25, -0.2) is 0 Å². The van der Waals surface area contributed by atoms with E-state index in [1.54, 1.807) is 14.2 Å². The molecule has 1 amide bonds. The van der Waals surface area contributed by atoms with E-state index >= 15 is 0 Å². The van der Waals surface area contributed by atoms with Crippen LogP contribution in [0.3, 0.4) is 0 Å². The molecule has 6 heteroatoms. The summed E-state index contributed by atoms with van der Waals surface area (Å²) in [7, 11) is 3.31. The molecule has 0 bridgehead atoms. The summed E-state index contributed by atoms with van der Waals surface area (Å²) in [4.78, 5) is 17.4. The number of carbonyl (C=O) groups excluding carboxylic acids is 1. The summed E-state index contributed by atoms with van der Waals surface area (Å²) in [6.45, 7) is 2.88. The second-order valence-electron chi connectivity index (χ2n) is 8.10. The van der Waals surface area contributed by atoms with Gasteiger partial charge >= 0.3 is 0 Å². The quantitative estimate of drug-likeness (QED) is 0.715. The zero-order valence-corrected chi connectivity index (χ0v) is 17.6. The van der Waals surface area contributed by atoms with Crippen LogP contribution in [0.5, 0.6) is 11.5 Å². The Bertz CT molecular complexity index is 957. The van der Waals surface area contributed by atoms with Crippen molar-refractivity contribution in [3.05, 3.63) is 53.6 Å². The van der Waals surface area contributed by atoms with Crippen LogP contribution < -0.4 is 14.4 Å². The molecule has 0 saturated carbocycles. The first-order valence-corrected chi connectivity index (χ1v) is 10.3. The monoisotopic (exact) mass is 405 g/mol. The normalized spacial score (nSPS) is 17.4. The number of amides is 1. The van der Waals surface area contributed by atoms with Gasteiger partial charge in [0.1, 0.15) is 11.5 Å². The molecule has 2 aromatic carbocycles. The third-order valence-electron chi connectivity index (χ3n) is 6.45. The Morgan fingerprint density at radius 2 is 1.73 bits per heavy atom. The molecule has 156 valence electrons. The zero-order valence-electron chi connectivity index (χ0n) is 17.6. The van der Waals surface area contributed by atoms with E-state index in [0.29, 0.717) is 19.5 Å². The topological polar surface area (TPSA) is 65.8 Å². The predicted octanol–water partition coefficient (Wildman–Crippen LogP) is 3.15. The molecule has 30 heavy (non-hydrogen) atoms. The minimum Gasteiger partial charge on any atom is -0.497 e. The fraction of sp³-hybridized carbons (Fsp3) is 0.417. The number of nitriles is 1. The van der Waals surface area contributed by atoms with E-state index in [4.69, 9.17) is 14.7 Å². The number of nitrogens with zero attached hydrogens (tertiary/aromatic N) is 3. The lowest BCUT2D eigenvalue weighted by Gasteiger charge is -2.39. The zero-order chi connectivity index (χ0) is 21.1. The van der Waals surface area contributed by atoms with Crippen LogP contribution in [0.25, 0.3) is 0 Å². The molecule has 2 aliphatic rings. The molecule has 4 rings (SSSR count). The van der Waals surface area contributed by atoms with Crippen LogP contribution in [0.2, 0.25) is 0 Å². The van der Waals surface area contributed by atoms with Crippen molar-refractivity contribution < 1.29 is 14.3 Å². The van der Waals surface area contributed by atoms with E-state index in [9.17, 15) is 4.79 Å². The van der Waals surface area contributed by atoms with Gasteiger partial charge in [-0.15, -0.1) is 0 Å². The number of hydrogen-bond donors (Lipinski definition) is 0. The van der Waals surface area contributed by atoms with Crippen LogP contribution in [0.1, 0.15) is 24.0 Å². The first-order valence-electron chi connectivity index (χ1n) is 10.3. The molecule has 2 aromatic rings. The average Bonchev–Trinajstić information content (AvgIpc) is 3.09. The van der Waals surface area contributed by atoms with Crippen molar-refractivity contribution in [2.24, 2.45) is 0 Å². The Morgan fingerprint density at radius 3 is 2.37 bits per heavy atom. The first-order chi connectivity index (χ1) is 14.6. The van der Waals surface area contributed by atoms with Crippen LogP contribution in [0.4, 0.5) is 5.69 Å². The summed E-state index contributed by atoms with van der Waals surface area (Å²) >= 11 is 0. The van der Waals surface area contributed by atoms with E-state index in [0.717, 1.165) is 48.7 Å². The number of fused-ring (bicyclic) bond motifs is 2. The maximum Gasteiger partial charge on any atom is 0.231 e. The Balaban J connectivity index is 1.59. The van der Waals surface area contributed by atoms with E-state index in [2.05, 4.69) is 17.0 Å². The molecule has 1 fully saturated rings. The Hall–Kier alpha value is -3.04. The Morgan fingerprint density at radius 1 is 1.07 bits per heavy atom. The van der Waals surface area contributed by atoms with Gasteiger partial charge in [-0.05, 0) is 54.3 Å².